The van der Waals surface area contributed by atoms with E-state index in [1.165, 1.54) is 12.1 Å². The summed E-state index contributed by atoms with van der Waals surface area (Å²) in [6.07, 6.45) is 1.66. The molecule has 20 heavy (non-hydrogen) atoms. The van der Waals surface area contributed by atoms with Crippen molar-refractivity contribution in [2.45, 2.75) is 6.92 Å². The lowest BCUT2D eigenvalue weighted by molar-refractivity contribution is 0.104. The number of pyridine rings is 1. The minimum absolute atomic E-state index is 0.0481. The van der Waals surface area contributed by atoms with Crippen LogP contribution >= 0.6 is 0 Å². The van der Waals surface area contributed by atoms with Gasteiger partial charge in [0.15, 0.2) is 5.78 Å². The second-order valence-electron chi connectivity index (χ2n) is 5.09. The number of halogens is 1. The Kier molecular flexibility index (Phi) is 2.11. The molecule has 96 valence electrons. The van der Waals surface area contributed by atoms with Gasteiger partial charge >= 0.3 is 0 Å². The van der Waals surface area contributed by atoms with E-state index in [1.807, 2.05) is 25.1 Å². The Bertz CT molecular complexity index is 899. The van der Waals surface area contributed by atoms with Crippen LogP contribution in [0.5, 0.6) is 0 Å². The van der Waals surface area contributed by atoms with E-state index in [-0.39, 0.29) is 11.6 Å². The number of carbonyl (C=O) groups is 1. The largest absolute Gasteiger partial charge is 0.289 e. The molecule has 1 heterocycles. The molecule has 0 radical (unpaired) electrons. The minimum Gasteiger partial charge on any atom is -0.289 e. The lowest BCUT2D eigenvalue weighted by Gasteiger charge is -2.04. The maximum absolute atomic E-state index is 13.4. The number of nitrogens with zero attached hydrogens (tertiary/aromatic N) is 1. The van der Waals surface area contributed by atoms with Crippen molar-refractivity contribution in [1.82, 2.24) is 4.98 Å². The third kappa shape index (κ3) is 1.37. The monoisotopic (exact) mass is 263 g/mol. The second kappa shape index (κ2) is 3.73. The fraction of sp³-hybridized carbons (Fsp3) is 0.0588. The summed E-state index contributed by atoms with van der Waals surface area (Å²) >= 11 is 0. The highest BCUT2D eigenvalue weighted by Crippen LogP contribution is 2.39. The van der Waals surface area contributed by atoms with Crippen LogP contribution < -0.4 is 0 Å². The topological polar surface area (TPSA) is 30.0 Å². The molecule has 0 N–H and O–H groups in total. The molecule has 0 spiro atoms. The van der Waals surface area contributed by atoms with Crippen molar-refractivity contribution >= 4 is 16.7 Å². The maximum Gasteiger partial charge on any atom is 0.195 e. The number of benzene rings is 2. The van der Waals surface area contributed by atoms with Crippen molar-refractivity contribution in [2.75, 3.05) is 0 Å². The summed E-state index contributed by atoms with van der Waals surface area (Å²) in [7, 11) is 0. The van der Waals surface area contributed by atoms with Gasteiger partial charge in [-0.2, -0.15) is 0 Å². The molecule has 2 nitrogen and oxygen atoms in total. The van der Waals surface area contributed by atoms with Crippen molar-refractivity contribution in [3.8, 4) is 11.1 Å². The van der Waals surface area contributed by atoms with Crippen molar-refractivity contribution < 1.29 is 9.18 Å². The molecule has 0 amide bonds. The SMILES string of the molecule is Cc1ccc2ncc3c(c2c1)C(=O)c1ccc(F)cc1-3. The molecular weight excluding hydrogens is 253 g/mol. The lowest BCUT2D eigenvalue weighted by Crippen LogP contribution is -1.97. The highest BCUT2D eigenvalue weighted by Gasteiger charge is 2.29. The first-order chi connectivity index (χ1) is 9.65. The minimum atomic E-state index is -0.339. The van der Waals surface area contributed by atoms with Gasteiger partial charge in [0, 0.05) is 28.3 Å². The summed E-state index contributed by atoms with van der Waals surface area (Å²) in [5.74, 6) is -0.387. The average Bonchev–Trinajstić information content (AvgIpc) is 2.72. The number of rotatable bonds is 0. The van der Waals surface area contributed by atoms with E-state index in [9.17, 15) is 9.18 Å². The zero-order valence-corrected chi connectivity index (χ0v) is 10.8. The van der Waals surface area contributed by atoms with Crippen LogP contribution in [0.25, 0.3) is 22.0 Å². The number of ketones is 1. The molecule has 0 atom stereocenters. The number of aromatic nitrogens is 1. The average molecular weight is 263 g/mol. The number of hydrogen-bond donors (Lipinski definition) is 0. The molecule has 1 aromatic heterocycles. The summed E-state index contributed by atoms with van der Waals surface area (Å²) in [5, 5.41) is 0.837. The van der Waals surface area contributed by atoms with Crippen molar-refractivity contribution in [2.24, 2.45) is 0 Å². The molecule has 0 unspecified atom stereocenters. The Balaban J connectivity index is 2.15. The van der Waals surface area contributed by atoms with Gasteiger partial charge in [-0.1, -0.05) is 11.6 Å². The molecule has 0 aliphatic heterocycles. The first-order valence-electron chi connectivity index (χ1n) is 6.39. The molecule has 3 heteroatoms. The van der Waals surface area contributed by atoms with E-state index in [0.29, 0.717) is 16.7 Å². The highest BCUT2D eigenvalue weighted by atomic mass is 19.1. The van der Waals surface area contributed by atoms with Gasteiger partial charge in [0.25, 0.3) is 0 Å². The molecule has 0 saturated carbocycles. The number of aryl methyl sites for hydroxylation is 1. The molecule has 4 rings (SSSR count). The zero-order valence-electron chi connectivity index (χ0n) is 10.8. The molecule has 2 aromatic carbocycles. The van der Waals surface area contributed by atoms with E-state index in [1.54, 1.807) is 12.3 Å². The van der Waals surface area contributed by atoms with Gasteiger partial charge in [0.2, 0.25) is 0 Å². The standard InChI is InChI=1S/C17H10FNO/c1-9-2-5-15-13(6-9)16-14(8-19-15)12-7-10(18)3-4-11(12)17(16)20/h2-8H,1H3. The predicted octanol–water partition coefficient (Wildman–Crippen LogP) is 3.89. The van der Waals surface area contributed by atoms with Crippen LogP contribution in [0, 0.1) is 12.7 Å². The first-order valence-corrected chi connectivity index (χ1v) is 6.39. The van der Waals surface area contributed by atoms with E-state index < -0.39 is 0 Å². The van der Waals surface area contributed by atoms with Crippen LogP contribution in [0.4, 0.5) is 4.39 Å². The van der Waals surface area contributed by atoms with Crippen LogP contribution in [-0.4, -0.2) is 10.8 Å². The summed E-state index contributed by atoms with van der Waals surface area (Å²) in [4.78, 5) is 17.0. The van der Waals surface area contributed by atoms with Gasteiger partial charge in [-0.15, -0.1) is 0 Å². The Morgan fingerprint density at radius 1 is 1.00 bits per heavy atom. The van der Waals surface area contributed by atoms with Crippen LogP contribution in [0.2, 0.25) is 0 Å². The fourth-order valence-electron chi connectivity index (χ4n) is 2.83. The summed E-state index contributed by atoms with van der Waals surface area (Å²) < 4.78 is 13.4. The molecule has 0 bridgehead atoms. The molecule has 0 fully saturated rings. The van der Waals surface area contributed by atoms with Gasteiger partial charge in [0.05, 0.1) is 5.52 Å². The quantitative estimate of drug-likeness (QED) is 0.481. The van der Waals surface area contributed by atoms with Gasteiger partial charge in [-0.3, -0.25) is 9.78 Å². The highest BCUT2D eigenvalue weighted by molar-refractivity contribution is 6.26. The molecule has 1 aliphatic carbocycles. The maximum atomic E-state index is 13.4. The molecular formula is C17H10FNO. The van der Waals surface area contributed by atoms with Gasteiger partial charge < -0.3 is 0 Å². The van der Waals surface area contributed by atoms with Crippen LogP contribution in [-0.2, 0) is 0 Å². The number of hydrogen-bond acceptors (Lipinski definition) is 2. The Morgan fingerprint density at radius 2 is 1.85 bits per heavy atom. The molecule has 3 aromatic rings. The smallest absolute Gasteiger partial charge is 0.195 e. The second-order valence-corrected chi connectivity index (χ2v) is 5.09. The summed E-state index contributed by atoms with van der Waals surface area (Å²) in [6.45, 7) is 1.98. The van der Waals surface area contributed by atoms with Crippen LogP contribution in [0.15, 0.2) is 42.6 Å². The normalized spacial score (nSPS) is 12.6. The summed E-state index contributed by atoms with van der Waals surface area (Å²) in [6, 6.07) is 10.1. The van der Waals surface area contributed by atoms with E-state index in [4.69, 9.17) is 0 Å². The van der Waals surface area contributed by atoms with E-state index >= 15 is 0 Å². The first kappa shape index (κ1) is 11.3. The lowest BCUT2D eigenvalue weighted by atomic mass is 10.0. The van der Waals surface area contributed by atoms with Crippen LogP contribution in [0.1, 0.15) is 21.5 Å². The zero-order chi connectivity index (χ0) is 13.9. The fourth-order valence-corrected chi connectivity index (χ4v) is 2.83. The predicted molar refractivity (Wildman–Crippen MR) is 75.3 cm³/mol. The van der Waals surface area contributed by atoms with Crippen molar-refractivity contribution in [1.29, 1.82) is 0 Å². The van der Waals surface area contributed by atoms with Gasteiger partial charge in [-0.05, 0) is 42.8 Å². The number of fused-ring (bicyclic) bond motifs is 5. The van der Waals surface area contributed by atoms with Gasteiger partial charge in [-0.25, -0.2) is 4.39 Å². The van der Waals surface area contributed by atoms with E-state index in [2.05, 4.69) is 4.98 Å². The molecule has 0 saturated heterocycles. The van der Waals surface area contributed by atoms with Crippen LogP contribution in [0.3, 0.4) is 0 Å². The summed E-state index contributed by atoms with van der Waals surface area (Å²) in [5.41, 5.74) is 4.42. The number of carbonyl (C=O) groups excluding carboxylic acids is 1. The third-order valence-corrected chi connectivity index (χ3v) is 3.77. The van der Waals surface area contributed by atoms with E-state index in [0.717, 1.165) is 22.0 Å². The Labute approximate surface area is 114 Å². The Morgan fingerprint density at radius 3 is 2.70 bits per heavy atom. The molecule has 1 aliphatic rings. The third-order valence-electron chi connectivity index (χ3n) is 3.77. The van der Waals surface area contributed by atoms with Crippen molar-refractivity contribution in [3.63, 3.8) is 0 Å². The Hall–Kier alpha value is -2.55. The van der Waals surface area contributed by atoms with Gasteiger partial charge in [0.1, 0.15) is 5.82 Å². The van der Waals surface area contributed by atoms with Crippen molar-refractivity contribution in [3.05, 3.63) is 65.1 Å².